The standard InChI is InChI=1S/C21H22N2O4/c1-13-6-4-8-15-11-18(22-20(13)15)21(25)23-17(12-19(24)27-3)14-7-5-9-16(10-14)26-2/h4-11,17,22H,12H2,1-3H3,(H,23,25). The molecule has 2 N–H and O–H groups in total. The first kappa shape index (κ1) is 18.5. The Kier molecular flexibility index (Phi) is 5.45. The van der Waals surface area contributed by atoms with Gasteiger partial charge in [-0.2, -0.15) is 0 Å². The lowest BCUT2D eigenvalue weighted by Gasteiger charge is -2.18. The van der Waals surface area contributed by atoms with Crippen molar-refractivity contribution in [3.8, 4) is 5.75 Å². The van der Waals surface area contributed by atoms with Crippen LogP contribution in [0.3, 0.4) is 0 Å². The molecule has 1 unspecified atom stereocenters. The second-order valence-corrected chi connectivity index (χ2v) is 6.31. The van der Waals surface area contributed by atoms with E-state index < -0.39 is 12.0 Å². The molecule has 0 radical (unpaired) electrons. The van der Waals surface area contributed by atoms with Crippen LogP contribution in [0.4, 0.5) is 0 Å². The lowest BCUT2D eigenvalue weighted by molar-refractivity contribution is -0.141. The van der Waals surface area contributed by atoms with Crippen LogP contribution in [-0.2, 0) is 9.53 Å². The van der Waals surface area contributed by atoms with Crippen molar-refractivity contribution < 1.29 is 19.1 Å². The molecular formula is C21H22N2O4. The highest BCUT2D eigenvalue weighted by molar-refractivity contribution is 5.99. The summed E-state index contributed by atoms with van der Waals surface area (Å²) >= 11 is 0. The van der Waals surface area contributed by atoms with Crippen molar-refractivity contribution in [1.29, 1.82) is 0 Å². The number of nitrogens with one attached hydrogen (secondary N) is 2. The Morgan fingerprint density at radius 2 is 1.89 bits per heavy atom. The van der Waals surface area contributed by atoms with Gasteiger partial charge in [-0.25, -0.2) is 0 Å². The van der Waals surface area contributed by atoms with E-state index in [4.69, 9.17) is 9.47 Å². The van der Waals surface area contributed by atoms with Gasteiger partial charge in [0.2, 0.25) is 0 Å². The van der Waals surface area contributed by atoms with Crippen LogP contribution in [0.5, 0.6) is 5.75 Å². The van der Waals surface area contributed by atoms with Gasteiger partial charge in [-0.15, -0.1) is 0 Å². The summed E-state index contributed by atoms with van der Waals surface area (Å²) in [5, 5.41) is 3.88. The lowest BCUT2D eigenvalue weighted by atomic mass is 10.0. The predicted molar refractivity (Wildman–Crippen MR) is 103 cm³/mol. The highest BCUT2D eigenvalue weighted by Gasteiger charge is 2.21. The monoisotopic (exact) mass is 366 g/mol. The molecule has 1 atom stereocenters. The minimum atomic E-state index is -0.535. The summed E-state index contributed by atoms with van der Waals surface area (Å²) < 4.78 is 10.0. The number of ether oxygens (including phenoxy) is 2. The number of aromatic nitrogens is 1. The molecule has 140 valence electrons. The molecule has 0 aliphatic heterocycles. The van der Waals surface area contributed by atoms with E-state index in [1.165, 1.54) is 7.11 Å². The number of methoxy groups -OCH3 is 2. The van der Waals surface area contributed by atoms with E-state index in [-0.39, 0.29) is 12.3 Å². The first-order valence-corrected chi connectivity index (χ1v) is 8.61. The fourth-order valence-electron chi connectivity index (χ4n) is 3.03. The van der Waals surface area contributed by atoms with Crippen molar-refractivity contribution in [3.63, 3.8) is 0 Å². The number of benzene rings is 2. The largest absolute Gasteiger partial charge is 0.497 e. The Morgan fingerprint density at radius 1 is 1.11 bits per heavy atom. The van der Waals surface area contributed by atoms with Crippen molar-refractivity contribution in [3.05, 3.63) is 65.4 Å². The molecule has 0 bridgehead atoms. The maximum Gasteiger partial charge on any atom is 0.307 e. The number of carbonyl (C=O) groups excluding carboxylic acids is 2. The number of aryl methyl sites for hydroxylation is 1. The van der Waals surface area contributed by atoms with Gasteiger partial charge in [0.25, 0.3) is 5.91 Å². The molecular weight excluding hydrogens is 344 g/mol. The van der Waals surface area contributed by atoms with Crippen LogP contribution >= 0.6 is 0 Å². The van der Waals surface area contributed by atoms with E-state index in [9.17, 15) is 9.59 Å². The van der Waals surface area contributed by atoms with Crippen LogP contribution < -0.4 is 10.1 Å². The quantitative estimate of drug-likeness (QED) is 0.654. The van der Waals surface area contributed by atoms with Gasteiger partial charge >= 0.3 is 5.97 Å². The molecule has 0 spiro atoms. The van der Waals surface area contributed by atoms with E-state index in [0.29, 0.717) is 11.4 Å². The fraction of sp³-hybridized carbons (Fsp3) is 0.238. The Bertz CT molecular complexity index is 977. The lowest BCUT2D eigenvalue weighted by Crippen LogP contribution is -2.30. The number of H-pyrrole nitrogens is 1. The summed E-state index contributed by atoms with van der Waals surface area (Å²) in [5.41, 5.74) is 3.19. The highest BCUT2D eigenvalue weighted by Crippen LogP contribution is 2.24. The maximum atomic E-state index is 12.8. The highest BCUT2D eigenvalue weighted by atomic mass is 16.5. The van der Waals surface area contributed by atoms with Crippen LogP contribution in [0.25, 0.3) is 10.9 Å². The van der Waals surface area contributed by atoms with Gasteiger partial charge in [-0.1, -0.05) is 30.3 Å². The first-order valence-electron chi connectivity index (χ1n) is 8.61. The van der Waals surface area contributed by atoms with Gasteiger partial charge in [0.05, 0.1) is 26.7 Å². The summed E-state index contributed by atoms with van der Waals surface area (Å²) in [5.74, 6) is -0.0456. The molecule has 0 aliphatic carbocycles. The number of carbonyl (C=O) groups is 2. The van der Waals surface area contributed by atoms with Crippen LogP contribution in [-0.4, -0.2) is 31.1 Å². The Balaban J connectivity index is 1.88. The van der Waals surface area contributed by atoms with Gasteiger partial charge in [-0.3, -0.25) is 9.59 Å². The SMILES string of the molecule is COC(=O)CC(NC(=O)c1cc2cccc(C)c2[nH]1)c1cccc(OC)c1. The van der Waals surface area contributed by atoms with Crippen molar-refractivity contribution in [2.24, 2.45) is 0 Å². The second kappa shape index (κ2) is 7.95. The minimum Gasteiger partial charge on any atom is -0.497 e. The minimum absolute atomic E-state index is 0.0225. The number of hydrogen-bond acceptors (Lipinski definition) is 4. The number of esters is 1. The smallest absolute Gasteiger partial charge is 0.307 e. The van der Waals surface area contributed by atoms with Crippen molar-refractivity contribution in [2.75, 3.05) is 14.2 Å². The number of para-hydroxylation sites is 1. The van der Waals surface area contributed by atoms with E-state index in [1.54, 1.807) is 25.3 Å². The summed E-state index contributed by atoms with van der Waals surface area (Å²) in [6.45, 7) is 1.98. The zero-order chi connectivity index (χ0) is 19.4. The third kappa shape index (κ3) is 4.11. The average Bonchev–Trinajstić information content (AvgIpc) is 3.13. The van der Waals surface area contributed by atoms with Gasteiger partial charge in [0.1, 0.15) is 11.4 Å². The average molecular weight is 366 g/mol. The van der Waals surface area contributed by atoms with Gasteiger partial charge in [0.15, 0.2) is 0 Å². The molecule has 0 saturated carbocycles. The third-order valence-electron chi connectivity index (χ3n) is 4.51. The number of amides is 1. The van der Waals surface area contributed by atoms with Crippen molar-refractivity contribution >= 4 is 22.8 Å². The third-order valence-corrected chi connectivity index (χ3v) is 4.51. The molecule has 0 aliphatic rings. The Morgan fingerprint density at radius 3 is 2.59 bits per heavy atom. The molecule has 6 heteroatoms. The first-order chi connectivity index (χ1) is 13.0. The number of hydrogen-bond donors (Lipinski definition) is 2. The normalized spacial score (nSPS) is 11.8. The molecule has 6 nitrogen and oxygen atoms in total. The molecule has 3 aromatic rings. The van der Waals surface area contributed by atoms with E-state index in [1.807, 2.05) is 37.3 Å². The van der Waals surface area contributed by atoms with Gasteiger partial charge in [-0.05, 0) is 36.2 Å². The topological polar surface area (TPSA) is 80.4 Å². The molecule has 3 rings (SSSR count). The van der Waals surface area contributed by atoms with Crippen LogP contribution in [0.2, 0.25) is 0 Å². The van der Waals surface area contributed by atoms with E-state index in [0.717, 1.165) is 22.0 Å². The predicted octanol–water partition coefficient (Wildman–Crippen LogP) is 3.52. The van der Waals surface area contributed by atoms with E-state index in [2.05, 4.69) is 10.3 Å². The molecule has 1 amide bonds. The van der Waals surface area contributed by atoms with Gasteiger partial charge in [0, 0.05) is 10.9 Å². The van der Waals surface area contributed by atoms with Crippen LogP contribution in [0.1, 0.15) is 34.1 Å². The Hall–Kier alpha value is -3.28. The zero-order valence-electron chi connectivity index (χ0n) is 15.5. The number of fused-ring (bicyclic) bond motifs is 1. The summed E-state index contributed by atoms with van der Waals surface area (Å²) in [4.78, 5) is 27.8. The van der Waals surface area contributed by atoms with Crippen molar-refractivity contribution in [1.82, 2.24) is 10.3 Å². The Labute approximate surface area is 157 Å². The van der Waals surface area contributed by atoms with Gasteiger partial charge < -0.3 is 19.8 Å². The molecule has 2 aromatic carbocycles. The molecule has 1 heterocycles. The van der Waals surface area contributed by atoms with Crippen LogP contribution in [0, 0.1) is 6.92 Å². The molecule has 1 aromatic heterocycles. The fourth-order valence-corrected chi connectivity index (χ4v) is 3.03. The summed E-state index contributed by atoms with van der Waals surface area (Å²) in [6.07, 6.45) is 0.0225. The van der Waals surface area contributed by atoms with Crippen molar-refractivity contribution in [2.45, 2.75) is 19.4 Å². The summed E-state index contributed by atoms with van der Waals surface area (Å²) in [6, 6.07) is 14.4. The molecule has 27 heavy (non-hydrogen) atoms. The summed E-state index contributed by atoms with van der Waals surface area (Å²) in [7, 11) is 2.90. The zero-order valence-corrected chi connectivity index (χ0v) is 15.5. The maximum absolute atomic E-state index is 12.8. The number of rotatable bonds is 6. The van der Waals surface area contributed by atoms with E-state index >= 15 is 0 Å². The molecule has 0 fully saturated rings. The van der Waals surface area contributed by atoms with Crippen LogP contribution in [0.15, 0.2) is 48.5 Å². The number of aromatic amines is 1. The molecule has 0 saturated heterocycles. The second-order valence-electron chi connectivity index (χ2n) is 6.31.